The molecule has 2 saturated heterocycles. The lowest BCUT2D eigenvalue weighted by Crippen LogP contribution is -2.60. The van der Waals surface area contributed by atoms with Crippen LogP contribution in [0.5, 0.6) is 5.75 Å². The molecule has 1 aromatic rings. The second-order valence-corrected chi connectivity index (χ2v) is 10.8. The van der Waals surface area contributed by atoms with E-state index in [1.165, 1.54) is 6.07 Å². The first kappa shape index (κ1) is 24.2. The van der Waals surface area contributed by atoms with Gasteiger partial charge in [0.25, 0.3) is 11.8 Å². The molecule has 6 atom stereocenters. The molecular formula is C22H17BrCl2FN3O6. The molecular weight excluding hydrogens is 572 g/mol. The normalized spacial score (nSPS) is 36.2. The highest BCUT2D eigenvalue weighted by Crippen LogP contribution is 2.65. The van der Waals surface area contributed by atoms with Crippen LogP contribution in [0.1, 0.15) is 24.3 Å². The van der Waals surface area contributed by atoms with Crippen molar-refractivity contribution in [1.29, 1.82) is 0 Å². The van der Waals surface area contributed by atoms with Gasteiger partial charge in [0.15, 0.2) is 21.3 Å². The SMILES string of the molecule is NC(=O)N1C(=O)C2CC=C3C(CC4(Cl)C(=O)N(CBr)C(=O)C4(Cl)C3c3ccc(O)c(F)c3)C2C1=O. The lowest BCUT2D eigenvalue weighted by Gasteiger charge is -2.50. The highest BCUT2D eigenvalue weighted by molar-refractivity contribution is 9.09. The number of hydrogen-bond donors (Lipinski definition) is 2. The van der Waals surface area contributed by atoms with Crippen LogP contribution in [0.3, 0.4) is 0 Å². The van der Waals surface area contributed by atoms with Crippen molar-refractivity contribution < 1.29 is 33.5 Å². The van der Waals surface area contributed by atoms with Crippen LogP contribution >= 0.6 is 39.1 Å². The van der Waals surface area contributed by atoms with E-state index in [0.717, 1.165) is 17.0 Å². The molecule has 6 amide bonds. The molecule has 1 saturated carbocycles. The molecule has 3 N–H and O–H groups in total. The topological polar surface area (TPSA) is 138 Å². The van der Waals surface area contributed by atoms with E-state index in [9.17, 15) is 33.5 Å². The molecule has 13 heteroatoms. The third-order valence-electron chi connectivity index (χ3n) is 7.54. The van der Waals surface area contributed by atoms with Crippen molar-refractivity contribution in [1.82, 2.24) is 9.80 Å². The van der Waals surface area contributed by atoms with E-state index in [2.05, 4.69) is 15.9 Å². The summed E-state index contributed by atoms with van der Waals surface area (Å²) >= 11 is 17.0. The molecule has 4 aliphatic rings. The Morgan fingerprint density at radius 3 is 2.46 bits per heavy atom. The molecule has 2 aliphatic heterocycles. The first-order valence-electron chi connectivity index (χ1n) is 10.6. The number of likely N-dealkylation sites (tertiary alicyclic amines) is 2. The number of nitrogens with two attached hydrogens (primary N) is 1. The van der Waals surface area contributed by atoms with Crippen LogP contribution in [-0.4, -0.2) is 59.8 Å². The zero-order valence-electron chi connectivity index (χ0n) is 17.7. The van der Waals surface area contributed by atoms with Crippen molar-refractivity contribution >= 4 is 68.8 Å². The van der Waals surface area contributed by atoms with Gasteiger partial charge in [-0.15, -0.1) is 23.2 Å². The molecule has 2 aliphatic carbocycles. The summed E-state index contributed by atoms with van der Waals surface area (Å²) in [6, 6.07) is 2.21. The van der Waals surface area contributed by atoms with Crippen LogP contribution in [0.4, 0.5) is 9.18 Å². The number of urea groups is 1. The Balaban J connectivity index is 1.74. The van der Waals surface area contributed by atoms with Gasteiger partial charge in [-0.3, -0.25) is 24.1 Å². The second-order valence-electron chi connectivity index (χ2n) is 9.05. The summed E-state index contributed by atoms with van der Waals surface area (Å²) < 4.78 is 14.4. The van der Waals surface area contributed by atoms with Crippen molar-refractivity contribution in [2.75, 3.05) is 5.45 Å². The molecule has 1 aromatic carbocycles. The first-order chi connectivity index (χ1) is 16.4. The number of carbonyl (C=O) groups excluding carboxylic acids is 5. The van der Waals surface area contributed by atoms with Gasteiger partial charge in [0.05, 0.1) is 17.3 Å². The van der Waals surface area contributed by atoms with Crippen LogP contribution in [0, 0.1) is 23.6 Å². The third-order valence-corrected chi connectivity index (χ3v) is 9.46. The van der Waals surface area contributed by atoms with Crippen LogP contribution < -0.4 is 5.73 Å². The fourth-order valence-corrected chi connectivity index (χ4v) is 7.47. The van der Waals surface area contributed by atoms with Crippen molar-refractivity contribution in [3.8, 4) is 5.75 Å². The number of amides is 6. The highest BCUT2D eigenvalue weighted by Gasteiger charge is 2.76. The van der Waals surface area contributed by atoms with Gasteiger partial charge in [0.2, 0.25) is 11.8 Å². The van der Waals surface area contributed by atoms with Gasteiger partial charge in [-0.2, -0.15) is 4.90 Å². The number of allylic oxidation sites excluding steroid dienone is 2. The van der Waals surface area contributed by atoms with E-state index in [1.54, 1.807) is 6.08 Å². The molecule has 2 heterocycles. The zero-order valence-corrected chi connectivity index (χ0v) is 20.8. The first-order valence-corrected chi connectivity index (χ1v) is 12.4. The lowest BCUT2D eigenvalue weighted by molar-refractivity contribution is -0.139. The van der Waals surface area contributed by atoms with Crippen molar-refractivity contribution in [3.63, 3.8) is 0 Å². The van der Waals surface area contributed by atoms with E-state index >= 15 is 0 Å². The fraction of sp³-hybridized carbons (Fsp3) is 0.409. The molecule has 35 heavy (non-hydrogen) atoms. The smallest absolute Gasteiger partial charge is 0.328 e. The van der Waals surface area contributed by atoms with Crippen molar-refractivity contribution in [3.05, 3.63) is 41.2 Å². The average molecular weight is 589 g/mol. The van der Waals surface area contributed by atoms with Gasteiger partial charge in [-0.05, 0) is 36.5 Å². The van der Waals surface area contributed by atoms with Crippen LogP contribution in [0.25, 0.3) is 0 Å². The molecule has 6 unspecified atom stereocenters. The maximum atomic E-state index is 14.4. The van der Waals surface area contributed by atoms with Gasteiger partial charge in [0.1, 0.15) is 0 Å². The number of aromatic hydroxyl groups is 1. The number of imide groups is 4. The van der Waals surface area contributed by atoms with Gasteiger partial charge < -0.3 is 10.8 Å². The van der Waals surface area contributed by atoms with E-state index in [1.807, 2.05) is 0 Å². The standard InChI is InChI=1S/C22H17BrCl2FN3O6/c23-7-28-18(33)21(24)6-11-9(2-3-10-14(11)17(32)29(16(10)31)20(27)35)15(22(21,25)19(28)34)8-1-4-13(30)12(26)5-8/h1-2,4-5,10-11,14-15,30H,3,6-7H2,(H2,27,35). The summed E-state index contributed by atoms with van der Waals surface area (Å²) in [7, 11) is 0. The maximum absolute atomic E-state index is 14.4. The summed E-state index contributed by atoms with van der Waals surface area (Å²) in [4.78, 5) is 61.7. The summed E-state index contributed by atoms with van der Waals surface area (Å²) in [5.41, 5.74) is 5.64. The molecule has 0 aromatic heterocycles. The predicted octanol–water partition coefficient (Wildman–Crippen LogP) is 2.32. The number of primary amides is 1. The Morgan fingerprint density at radius 2 is 1.86 bits per heavy atom. The van der Waals surface area contributed by atoms with E-state index in [4.69, 9.17) is 28.9 Å². The molecule has 9 nitrogen and oxygen atoms in total. The summed E-state index contributed by atoms with van der Waals surface area (Å²) in [5, 5.41) is 9.70. The molecule has 0 radical (unpaired) electrons. The van der Waals surface area contributed by atoms with Gasteiger partial charge >= 0.3 is 6.03 Å². The Bertz CT molecular complexity index is 1280. The molecule has 0 bridgehead atoms. The lowest BCUT2D eigenvalue weighted by atomic mass is 9.56. The molecule has 184 valence electrons. The van der Waals surface area contributed by atoms with E-state index in [-0.39, 0.29) is 23.9 Å². The second kappa shape index (κ2) is 7.75. The minimum atomic E-state index is -2.09. The number of carbonyl (C=O) groups is 5. The van der Waals surface area contributed by atoms with Gasteiger partial charge in [-0.1, -0.05) is 33.6 Å². The predicted molar refractivity (Wildman–Crippen MR) is 123 cm³/mol. The van der Waals surface area contributed by atoms with Crippen molar-refractivity contribution in [2.45, 2.75) is 28.5 Å². The number of halogens is 4. The summed E-state index contributed by atoms with van der Waals surface area (Å²) in [5.74, 6) is -8.83. The summed E-state index contributed by atoms with van der Waals surface area (Å²) in [6.07, 6.45) is 1.39. The monoisotopic (exact) mass is 587 g/mol. The molecule has 0 spiro atoms. The van der Waals surface area contributed by atoms with E-state index < -0.39 is 74.6 Å². The van der Waals surface area contributed by atoms with Gasteiger partial charge in [0, 0.05) is 5.92 Å². The number of rotatable bonds is 2. The fourth-order valence-electron chi connectivity index (χ4n) is 6.05. The minimum Gasteiger partial charge on any atom is -0.505 e. The van der Waals surface area contributed by atoms with Crippen LogP contribution in [-0.2, 0) is 19.2 Å². The van der Waals surface area contributed by atoms with E-state index in [0.29, 0.717) is 10.5 Å². The number of phenolic OH excluding ortho intramolecular Hbond substituents is 1. The highest BCUT2D eigenvalue weighted by atomic mass is 79.9. The largest absolute Gasteiger partial charge is 0.505 e. The maximum Gasteiger partial charge on any atom is 0.328 e. The molecule has 5 rings (SSSR count). The Hall–Kier alpha value is -2.50. The van der Waals surface area contributed by atoms with Crippen molar-refractivity contribution in [2.24, 2.45) is 23.5 Å². The van der Waals surface area contributed by atoms with Crippen LogP contribution in [0.15, 0.2) is 29.8 Å². The molecule has 3 fully saturated rings. The van der Waals surface area contributed by atoms with Crippen LogP contribution in [0.2, 0.25) is 0 Å². The summed E-state index contributed by atoms with van der Waals surface area (Å²) in [6.45, 7) is 0. The number of nitrogens with zero attached hydrogens (tertiary/aromatic N) is 2. The quantitative estimate of drug-likeness (QED) is 0.235. The number of alkyl halides is 3. The Labute approximate surface area is 216 Å². The zero-order chi connectivity index (χ0) is 25.6. The number of fused-ring (bicyclic) bond motifs is 4. The Morgan fingerprint density at radius 1 is 1.17 bits per heavy atom. The minimum absolute atomic E-state index is 0.0362. The number of hydrogen-bond acceptors (Lipinski definition) is 6. The van der Waals surface area contributed by atoms with Gasteiger partial charge in [-0.25, -0.2) is 9.18 Å². The third kappa shape index (κ3) is 2.88. The average Bonchev–Trinajstić information content (AvgIpc) is 3.14. The Kier molecular flexibility index (Phi) is 5.36. The number of benzene rings is 1. The number of phenols is 1.